The summed E-state index contributed by atoms with van der Waals surface area (Å²) < 4.78 is 5.25. The van der Waals surface area contributed by atoms with Crippen LogP contribution in [0.4, 0.5) is 0 Å². The summed E-state index contributed by atoms with van der Waals surface area (Å²) in [5, 5.41) is 12.3. The standard InChI is InChI=1S/C15H23NO3/c1-12(9-16-15(2,3)11-17)14(18)19-10-13-7-5-4-6-8-13/h4-8,12,16-17H,9-11H2,1-3H3. The first-order valence-electron chi connectivity index (χ1n) is 6.51. The molecule has 0 amide bonds. The first-order valence-corrected chi connectivity index (χ1v) is 6.51. The molecular formula is C15H23NO3. The van der Waals surface area contributed by atoms with Crippen molar-refractivity contribution in [2.75, 3.05) is 13.2 Å². The van der Waals surface area contributed by atoms with Crippen molar-refractivity contribution in [1.29, 1.82) is 0 Å². The van der Waals surface area contributed by atoms with Crippen LogP contribution in [0.15, 0.2) is 30.3 Å². The fourth-order valence-electron chi connectivity index (χ4n) is 1.44. The van der Waals surface area contributed by atoms with Gasteiger partial charge in [-0.25, -0.2) is 0 Å². The van der Waals surface area contributed by atoms with Crippen LogP contribution in [0.3, 0.4) is 0 Å². The molecule has 1 unspecified atom stereocenters. The van der Waals surface area contributed by atoms with Gasteiger partial charge in [-0.2, -0.15) is 0 Å². The van der Waals surface area contributed by atoms with Crippen LogP contribution < -0.4 is 5.32 Å². The Labute approximate surface area is 114 Å². The third kappa shape index (κ3) is 5.85. The molecule has 0 spiro atoms. The van der Waals surface area contributed by atoms with Gasteiger partial charge in [-0.15, -0.1) is 0 Å². The maximum Gasteiger partial charge on any atom is 0.310 e. The molecule has 0 aromatic heterocycles. The van der Waals surface area contributed by atoms with E-state index in [1.54, 1.807) is 0 Å². The lowest BCUT2D eigenvalue weighted by Gasteiger charge is -2.25. The summed E-state index contributed by atoms with van der Waals surface area (Å²) in [6, 6.07) is 9.60. The Morgan fingerprint density at radius 1 is 1.37 bits per heavy atom. The molecule has 4 nitrogen and oxygen atoms in total. The number of aliphatic hydroxyl groups excluding tert-OH is 1. The second-order valence-corrected chi connectivity index (χ2v) is 5.42. The molecule has 0 aliphatic carbocycles. The van der Waals surface area contributed by atoms with Crippen molar-refractivity contribution in [2.24, 2.45) is 5.92 Å². The van der Waals surface area contributed by atoms with Crippen molar-refractivity contribution < 1.29 is 14.6 Å². The zero-order valence-corrected chi connectivity index (χ0v) is 11.8. The van der Waals surface area contributed by atoms with Gasteiger partial charge in [0.15, 0.2) is 0 Å². The number of carbonyl (C=O) groups is 1. The average Bonchev–Trinajstić information content (AvgIpc) is 2.43. The highest BCUT2D eigenvalue weighted by atomic mass is 16.5. The predicted molar refractivity (Wildman–Crippen MR) is 74.6 cm³/mol. The predicted octanol–water partition coefficient (Wildman–Crippen LogP) is 1.73. The molecular weight excluding hydrogens is 242 g/mol. The summed E-state index contributed by atoms with van der Waals surface area (Å²) in [5.74, 6) is -0.473. The number of aliphatic hydroxyl groups is 1. The van der Waals surface area contributed by atoms with E-state index in [1.807, 2.05) is 51.1 Å². The smallest absolute Gasteiger partial charge is 0.310 e. The van der Waals surface area contributed by atoms with Gasteiger partial charge in [0.2, 0.25) is 0 Å². The zero-order chi connectivity index (χ0) is 14.3. The number of benzene rings is 1. The average molecular weight is 265 g/mol. The van der Waals surface area contributed by atoms with Crippen LogP contribution in [-0.2, 0) is 16.1 Å². The topological polar surface area (TPSA) is 58.6 Å². The van der Waals surface area contributed by atoms with Gasteiger partial charge in [-0.05, 0) is 19.4 Å². The molecule has 0 saturated carbocycles. The molecule has 1 aromatic carbocycles. The summed E-state index contributed by atoms with van der Waals surface area (Å²) in [6.45, 7) is 6.39. The Balaban J connectivity index is 2.33. The first kappa shape index (κ1) is 15.7. The minimum absolute atomic E-state index is 0.0266. The Morgan fingerprint density at radius 2 is 2.00 bits per heavy atom. The van der Waals surface area contributed by atoms with Gasteiger partial charge >= 0.3 is 5.97 Å². The van der Waals surface area contributed by atoms with Gasteiger partial charge in [-0.1, -0.05) is 37.3 Å². The molecule has 1 aromatic rings. The minimum Gasteiger partial charge on any atom is -0.461 e. The number of carbonyl (C=O) groups excluding carboxylic acids is 1. The third-order valence-corrected chi connectivity index (χ3v) is 2.91. The molecule has 0 bridgehead atoms. The lowest BCUT2D eigenvalue weighted by molar-refractivity contribution is -0.149. The number of ether oxygens (including phenoxy) is 1. The normalized spacial score (nSPS) is 13.1. The van der Waals surface area contributed by atoms with Crippen LogP contribution in [0.5, 0.6) is 0 Å². The quantitative estimate of drug-likeness (QED) is 0.737. The highest BCUT2D eigenvalue weighted by molar-refractivity contribution is 5.72. The van der Waals surface area contributed by atoms with Gasteiger partial charge in [-0.3, -0.25) is 4.79 Å². The van der Waals surface area contributed by atoms with Crippen LogP contribution in [-0.4, -0.2) is 29.8 Å². The van der Waals surface area contributed by atoms with Gasteiger partial charge < -0.3 is 15.2 Å². The van der Waals surface area contributed by atoms with Crippen LogP contribution in [0.2, 0.25) is 0 Å². The molecule has 0 fully saturated rings. The largest absolute Gasteiger partial charge is 0.461 e. The molecule has 1 atom stereocenters. The van der Waals surface area contributed by atoms with E-state index in [2.05, 4.69) is 5.32 Å². The van der Waals surface area contributed by atoms with Crippen LogP contribution in [0.25, 0.3) is 0 Å². The molecule has 0 heterocycles. The van der Waals surface area contributed by atoms with Crippen molar-refractivity contribution in [3.05, 3.63) is 35.9 Å². The van der Waals surface area contributed by atoms with Crippen molar-refractivity contribution in [2.45, 2.75) is 32.9 Å². The van der Waals surface area contributed by atoms with Crippen LogP contribution in [0.1, 0.15) is 26.3 Å². The number of hydrogen-bond donors (Lipinski definition) is 2. The Morgan fingerprint density at radius 3 is 2.58 bits per heavy atom. The second-order valence-electron chi connectivity index (χ2n) is 5.42. The van der Waals surface area contributed by atoms with Crippen molar-refractivity contribution in [3.63, 3.8) is 0 Å². The fraction of sp³-hybridized carbons (Fsp3) is 0.533. The van der Waals surface area contributed by atoms with E-state index in [1.165, 1.54) is 0 Å². The van der Waals surface area contributed by atoms with Crippen molar-refractivity contribution in [1.82, 2.24) is 5.32 Å². The van der Waals surface area contributed by atoms with Crippen molar-refractivity contribution >= 4 is 5.97 Å². The van der Waals surface area contributed by atoms with E-state index < -0.39 is 0 Å². The number of rotatable bonds is 7. The Kier molecular flexibility index (Phi) is 5.99. The minimum atomic E-state index is -0.381. The summed E-state index contributed by atoms with van der Waals surface area (Å²) in [4.78, 5) is 11.8. The van der Waals surface area contributed by atoms with E-state index in [4.69, 9.17) is 9.84 Å². The van der Waals surface area contributed by atoms with Gasteiger partial charge in [0, 0.05) is 12.1 Å². The number of nitrogens with one attached hydrogen (secondary N) is 1. The molecule has 0 saturated heterocycles. The highest BCUT2D eigenvalue weighted by Crippen LogP contribution is 2.06. The molecule has 1 rings (SSSR count). The van der Waals surface area contributed by atoms with E-state index in [0.29, 0.717) is 13.2 Å². The zero-order valence-electron chi connectivity index (χ0n) is 11.8. The maximum atomic E-state index is 11.8. The Bertz CT molecular complexity index is 390. The number of esters is 1. The molecule has 19 heavy (non-hydrogen) atoms. The molecule has 0 aliphatic rings. The van der Waals surface area contributed by atoms with Crippen LogP contribution >= 0.6 is 0 Å². The van der Waals surface area contributed by atoms with Gasteiger partial charge in [0.05, 0.1) is 12.5 Å². The lowest BCUT2D eigenvalue weighted by atomic mass is 10.1. The van der Waals surface area contributed by atoms with Crippen molar-refractivity contribution in [3.8, 4) is 0 Å². The van der Waals surface area contributed by atoms with E-state index >= 15 is 0 Å². The molecule has 106 valence electrons. The van der Waals surface area contributed by atoms with E-state index in [-0.39, 0.29) is 24.0 Å². The number of hydrogen-bond acceptors (Lipinski definition) is 4. The molecule has 4 heteroatoms. The molecule has 2 N–H and O–H groups in total. The molecule has 0 radical (unpaired) electrons. The maximum absolute atomic E-state index is 11.8. The second kappa shape index (κ2) is 7.26. The van der Waals surface area contributed by atoms with Gasteiger partial charge in [0.1, 0.15) is 6.61 Å². The SMILES string of the molecule is CC(CNC(C)(C)CO)C(=O)OCc1ccccc1. The van der Waals surface area contributed by atoms with E-state index in [9.17, 15) is 4.79 Å². The molecule has 0 aliphatic heterocycles. The van der Waals surface area contributed by atoms with Gasteiger partial charge in [0.25, 0.3) is 0 Å². The van der Waals surface area contributed by atoms with Crippen LogP contribution in [0, 0.1) is 5.92 Å². The summed E-state index contributed by atoms with van der Waals surface area (Å²) in [6.07, 6.45) is 0. The first-order chi connectivity index (χ1) is 8.94. The van der Waals surface area contributed by atoms with E-state index in [0.717, 1.165) is 5.56 Å². The monoisotopic (exact) mass is 265 g/mol. The summed E-state index contributed by atoms with van der Waals surface area (Å²) >= 11 is 0. The summed E-state index contributed by atoms with van der Waals surface area (Å²) in [7, 11) is 0. The Hall–Kier alpha value is -1.39. The fourth-order valence-corrected chi connectivity index (χ4v) is 1.44. The highest BCUT2D eigenvalue weighted by Gasteiger charge is 2.20. The third-order valence-electron chi connectivity index (χ3n) is 2.91. The summed E-state index contributed by atoms with van der Waals surface area (Å²) in [5.41, 5.74) is 0.597. The lowest BCUT2D eigenvalue weighted by Crippen LogP contribution is -2.45.